The Labute approximate surface area is 209 Å². The molecule has 194 valence electrons. The van der Waals surface area contributed by atoms with Gasteiger partial charge in [-0.1, -0.05) is 31.2 Å². The van der Waals surface area contributed by atoms with Gasteiger partial charge in [-0.25, -0.2) is 23.6 Å². The predicted octanol–water partition coefficient (Wildman–Crippen LogP) is 2.23. The number of nitrogens with zero attached hydrogens (tertiary/aromatic N) is 3. The minimum absolute atomic E-state index is 0.0468. The number of benzene rings is 2. The summed E-state index contributed by atoms with van der Waals surface area (Å²) in [6.45, 7) is 4.53. The van der Waals surface area contributed by atoms with Gasteiger partial charge < -0.3 is 20.3 Å². The maximum absolute atomic E-state index is 13.2. The zero-order valence-corrected chi connectivity index (χ0v) is 20.4. The average Bonchev–Trinajstić information content (AvgIpc) is 2.87. The van der Waals surface area contributed by atoms with E-state index >= 15 is 0 Å². The molecule has 0 saturated carbocycles. The van der Waals surface area contributed by atoms with Gasteiger partial charge in [0.2, 0.25) is 11.8 Å². The summed E-state index contributed by atoms with van der Waals surface area (Å²) in [5, 5.41) is 8.48. The number of hydrazine groups is 1. The second-order valence-corrected chi connectivity index (χ2v) is 8.32. The van der Waals surface area contributed by atoms with Crippen LogP contribution in [0.2, 0.25) is 0 Å². The Balaban J connectivity index is 1.49. The molecule has 9 nitrogen and oxygen atoms in total. The Kier molecular flexibility index (Phi) is 9.71. The second-order valence-electron chi connectivity index (χ2n) is 8.32. The molecule has 36 heavy (non-hydrogen) atoms. The molecular formula is C25H31F2N5O4. The molecule has 4 amide bonds. The molecule has 0 aliphatic carbocycles. The van der Waals surface area contributed by atoms with Crippen molar-refractivity contribution in [3.8, 4) is 0 Å². The lowest BCUT2D eigenvalue weighted by molar-refractivity contribution is -0.159. The number of hydrogen-bond donors (Lipinski definition) is 2. The topological polar surface area (TPSA) is 94.2 Å². The molecule has 1 atom stereocenters. The first-order chi connectivity index (χ1) is 17.3. The van der Waals surface area contributed by atoms with Crippen LogP contribution in [0.4, 0.5) is 13.6 Å². The molecule has 1 aliphatic rings. The van der Waals surface area contributed by atoms with E-state index in [2.05, 4.69) is 10.6 Å². The summed E-state index contributed by atoms with van der Waals surface area (Å²) in [4.78, 5) is 39.6. The molecule has 1 heterocycles. The van der Waals surface area contributed by atoms with Gasteiger partial charge >= 0.3 is 6.03 Å². The molecule has 3 rings (SSSR count). The van der Waals surface area contributed by atoms with E-state index in [0.29, 0.717) is 12.1 Å². The largest absolute Gasteiger partial charge is 0.375 e. The molecule has 11 heteroatoms. The molecule has 0 radical (unpaired) electrons. The van der Waals surface area contributed by atoms with E-state index in [1.165, 1.54) is 34.2 Å². The van der Waals surface area contributed by atoms with Crippen LogP contribution in [0.5, 0.6) is 0 Å². The predicted molar refractivity (Wildman–Crippen MR) is 128 cm³/mol. The Hall–Kier alpha value is -3.57. The number of carbonyl (C=O) groups is 3. The highest BCUT2D eigenvalue weighted by atomic mass is 19.1. The molecule has 0 aromatic heterocycles. The van der Waals surface area contributed by atoms with E-state index in [1.54, 1.807) is 36.2 Å². The molecule has 0 unspecified atom stereocenters. The van der Waals surface area contributed by atoms with E-state index in [0.717, 1.165) is 5.56 Å². The van der Waals surface area contributed by atoms with E-state index < -0.39 is 12.1 Å². The minimum atomic E-state index is -0.813. The highest BCUT2D eigenvalue weighted by Crippen LogP contribution is 2.14. The fraction of sp³-hybridized carbons (Fsp3) is 0.400. The van der Waals surface area contributed by atoms with Crippen LogP contribution in [0.3, 0.4) is 0 Å². The van der Waals surface area contributed by atoms with Crippen molar-refractivity contribution in [3.63, 3.8) is 0 Å². The third-order valence-corrected chi connectivity index (χ3v) is 5.77. The first-order valence-corrected chi connectivity index (χ1v) is 11.7. The fourth-order valence-corrected chi connectivity index (χ4v) is 3.68. The summed E-state index contributed by atoms with van der Waals surface area (Å²) < 4.78 is 31.8. The first kappa shape index (κ1) is 27.0. The number of nitrogens with one attached hydrogen (secondary N) is 2. The molecule has 2 aromatic rings. The zero-order valence-electron chi connectivity index (χ0n) is 20.4. The van der Waals surface area contributed by atoms with Crippen molar-refractivity contribution in [2.24, 2.45) is 0 Å². The monoisotopic (exact) mass is 503 g/mol. The van der Waals surface area contributed by atoms with Gasteiger partial charge in [-0.3, -0.25) is 9.59 Å². The summed E-state index contributed by atoms with van der Waals surface area (Å²) in [6.07, 6.45) is 0. The third-order valence-electron chi connectivity index (χ3n) is 5.77. The van der Waals surface area contributed by atoms with E-state index in [-0.39, 0.29) is 63.0 Å². The fourth-order valence-electron chi connectivity index (χ4n) is 3.68. The molecule has 1 saturated heterocycles. The smallest absolute Gasteiger partial charge is 0.333 e. The van der Waals surface area contributed by atoms with Gasteiger partial charge in [0, 0.05) is 19.6 Å². The van der Waals surface area contributed by atoms with Gasteiger partial charge in [-0.15, -0.1) is 0 Å². The van der Waals surface area contributed by atoms with Gasteiger partial charge in [0.15, 0.2) is 0 Å². The highest BCUT2D eigenvalue weighted by molar-refractivity contribution is 5.89. The number of rotatable bonds is 10. The Morgan fingerprint density at radius 1 is 1.06 bits per heavy atom. The van der Waals surface area contributed by atoms with Crippen LogP contribution in [0.15, 0.2) is 48.5 Å². The number of likely N-dealkylation sites (N-methyl/N-ethyl adjacent to an activating group) is 1. The van der Waals surface area contributed by atoms with Crippen molar-refractivity contribution in [1.82, 2.24) is 25.6 Å². The van der Waals surface area contributed by atoms with E-state index in [9.17, 15) is 23.2 Å². The second kappa shape index (κ2) is 12.9. The van der Waals surface area contributed by atoms with Gasteiger partial charge in [-0.2, -0.15) is 0 Å². The molecule has 1 aliphatic heterocycles. The van der Waals surface area contributed by atoms with E-state index in [1.807, 2.05) is 6.92 Å². The van der Waals surface area contributed by atoms with Crippen molar-refractivity contribution >= 4 is 17.8 Å². The Morgan fingerprint density at radius 2 is 1.81 bits per heavy atom. The van der Waals surface area contributed by atoms with Crippen LogP contribution in [-0.4, -0.2) is 71.7 Å². The molecule has 0 spiro atoms. The van der Waals surface area contributed by atoms with Gasteiger partial charge in [0.1, 0.15) is 24.3 Å². The number of urea groups is 1. The van der Waals surface area contributed by atoms with Crippen LogP contribution in [0.1, 0.15) is 25.0 Å². The van der Waals surface area contributed by atoms with Crippen LogP contribution in [0, 0.1) is 11.6 Å². The summed E-state index contributed by atoms with van der Waals surface area (Å²) in [6, 6.07) is 10.6. The van der Waals surface area contributed by atoms with Crippen molar-refractivity contribution in [1.29, 1.82) is 0 Å². The highest BCUT2D eigenvalue weighted by Gasteiger charge is 2.36. The maximum Gasteiger partial charge on any atom is 0.333 e. The lowest BCUT2D eigenvalue weighted by Crippen LogP contribution is -2.65. The van der Waals surface area contributed by atoms with Gasteiger partial charge in [0.05, 0.1) is 19.8 Å². The normalized spacial score (nSPS) is 15.1. The molecule has 2 N–H and O–H groups in total. The van der Waals surface area contributed by atoms with Crippen LogP contribution >= 0.6 is 0 Å². The number of hydrogen-bond acceptors (Lipinski definition) is 5. The van der Waals surface area contributed by atoms with Gasteiger partial charge in [0.25, 0.3) is 0 Å². The maximum atomic E-state index is 13.2. The van der Waals surface area contributed by atoms with Crippen LogP contribution in [-0.2, 0) is 27.5 Å². The first-order valence-electron chi connectivity index (χ1n) is 11.7. The van der Waals surface area contributed by atoms with Crippen LogP contribution < -0.4 is 10.6 Å². The van der Waals surface area contributed by atoms with Crippen LogP contribution in [0.25, 0.3) is 0 Å². The Bertz CT molecular complexity index is 1050. The van der Waals surface area contributed by atoms with Crippen molar-refractivity contribution in [2.45, 2.75) is 33.0 Å². The molecular weight excluding hydrogens is 472 g/mol. The Morgan fingerprint density at radius 3 is 2.50 bits per heavy atom. The number of carbonyl (C=O) groups excluding carboxylic acids is 3. The lowest BCUT2D eigenvalue weighted by atomic mass is 10.2. The van der Waals surface area contributed by atoms with Gasteiger partial charge in [-0.05, 0) is 42.3 Å². The average molecular weight is 504 g/mol. The quantitative estimate of drug-likeness (QED) is 0.485. The minimum Gasteiger partial charge on any atom is -0.375 e. The molecule has 1 fully saturated rings. The van der Waals surface area contributed by atoms with Crippen molar-refractivity contribution < 1.29 is 27.9 Å². The lowest BCUT2D eigenvalue weighted by Gasteiger charge is -2.44. The zero-order chi connectivity index (χ0) is 26.1. The summed E-state index contributed by atoms with van der Waals surface area (Å²) in [5.74, 6) is -1.36. The molecule has 2 aromatic carbocycles. The van der Waals surface area contributed by atoms with E-state index in [4.69, 9.17) is 4.74 Å². The van der Waals surface area contributed by atoms with Crippen molar-refractivity contribution in [2.75, 3.05) is 32.9 Å². The number of halogens is 2. The summed E-state index contributed by atoms with van der Waals surface area (Å²) in [7, 11) is 0. The SMILES string of the molecule is CCN1CC(=O)N([C@@H](C)C(=O)NCCOCc2cccc(F)c2)CN1C(=O)NCc1ccc(F)cc1. The number of ether oxygens (including phenoxy) is 1. The summed E-state index contributed by atoms with van der Waals surface area (Å²) in [5.41, 5.74) is 1.41. The standard InChI is InChI=1S/C25H31F2N5O4/c1-3-30-15-23(33)31(17-32(30)25(35)29-14-19-7-9-21(26)10-8-19)18(2)24(34)28-11-12-36-16-20-5-4-6-22(27)13-20/h4-10,13,18H,3,11-12,14-17H2,1-2H3,(H,28,34)(H,29,35)/t18-/m0/s1. The van der Waals surface area contributed by atoms with Crippen molar-refractivity contribution in [3.05, 3.63) is 71.3 Å². The molecule has 0 bridgehead atoms. The third kappa shape index (κ3) is 7.46. The summed E-state index contributed by atoms with van der Waals surface area (Å²) >= 11 is 0. The number of amides is 4.